The predicted octanol–water partition coefficient (Wildman–Crippen LogP) is 2.24. The molecule has 1 aliphatic rings. The summed E-state index contributed by atoms with van der Waals surface area (Å²) in [4.78, 5) is 24.1. The summed E-state index contributed by atoms with van der Waals surface area (Å²) in [7, 11) is 0. The van der Waals surface area contributed by atoms with E-state index in [2.05, 4.69) is 0 Å². The fourth-order valence-electron chi connectivity index (χ4n) is 2.37. The van der Waals surface area contributed by atoms with Crippen molar-refractivity contribution in [2.75, 3.05) is 13.1 Å². The zero-order valence-electron chi connectivity index (χ0n) is 12.1. The quantitative estimate of drug-likeness (QED) is 0.486. The van der Waals surface area contributed by atoms with Crippen molar-refractivity contribution < 1.29 is 14.5 Å². The molecule has 112 valence electrons. The lowest BCUT2D eigenvalue weighted by molar-refractivity contribution is -0.384. The molecule has 6 heteroatoms. The van der Waals surface area contributed by atoms with Crippen LogP contribution in [-0.2, 0) is 9.53 Å². The molecule has 0 spiro atoms. The molecule has 0 bridgehead atoms. The molecular weight excluding hydrogens is 272 g/mol. The molecule has 2 rings (SSSR count). The van der Waals surface area contributed by atoms with Gasteiger partial charge in [0.2, 0.25) is 5.91 Å². The number of nitro benzene ring substituents is 1. The number of morpholine rings is 1. The van der Waals surface area contributed by atoms with Gasteiger partial charge in [-0.25, -0.2) is 0 Å². The largest absolute Gasteiger partial charge is 0.372 e. The summed E-state index contributed by atoms with van der Waals surface area (Å²) in [5, 5.41) is 10.7. The van der Waals surface area contributed by atoms with Crippen LogP contribution in [0.4, 0.5) is 5.69 Å². The topological polar surface area (TPSA) is 72.7 Å². The normalized spacial score (nSPS) is 22.5. The van der Waals surface area contributed by atoms with E-state index in [1.807, 2.05) is 13.8 Å². The molecule has 2 unspecified atom stereocenters. The number of nitrogens with zero attached hydrogens (tertiary/aromatic N) is 2. The molecule has 0 aliphatic carbocycles. The van der Waals surface area contributed by atoms with E-state index in [1.165, 1.54) is 18.2 Å². The second-order valence-electron chi connectivity index (χ2n) is 5.19. The van der Waals surface area contributed by atoms with Gasteiger partial charge in [0.25, 0.3) is 5.69 Å². The Morgan fingerprint density at radius 2 is 2.05 bits per heavy atom. The van der Waals surface area contributed by atoms with E-state index in [0.717, 1.165) is 0 Å². The van der Waals surface area contributed by atoms with E-state index in [0.29, 0.717) is 18.7 Å². The van der Waals surface area contributed by atoms with Crippen LogP contribution < -0.4 is 0 Å². The first-order chi connectivity index (χ1) is 9.95. The highest BCUT2D eigenvalue weighted by Crippen LogP contribution is 2.15. The Morgan fingerprint density at radius 3 is 2.67 bits per heavy atom. The molecule has 0 N–H and O–H groups in total. The fraction of sp³-hybridized carbons (Fsp3) is 0.400. The van der Waals surface area contributed by atoms with Crippen LogP contribution in [0.25, 0.3) is 6.08 Å². The Balaban J connectivity index is 2.05. The van der Waals surface area contributed by atoms with E-state index in [9.17, 15) is 14.9 Å². The van der Waals surface area contributed by atoms with Crippen LogP contribution in [0.1, 0.15) is 19.4 Å². The lowest BCUT2D eigenvalue weighted by Crippen LogP contribution is -2.47. The number of amides is 1. The van der Waals surface area contributed by atoms with Crippen molar-refractivity contribution in [3.8, 4) is 0 Å². The van der Waals surface area contributed by atoms with Crippen LogP contribution >= 0.6 is 0 Å². The van der Waals surface area contributed by atoms with Crippen LogP contribution in [-0.4, -0.2) is 41.0 Å². The number of hydrogen-bond acceptors (Lipinski definition) is 4. The number of hydrogen-bond donors (Lipinski definition) is 0. The molecule has 6 nitrogen and oxygen atoms in total. The van der Waals surface area contributed by atoms with E-state index < -0.39 is 4.92 Å². The zero-order chi connectivity index (χ0) is 15.4. The van der Waals surface area contributed by atoms with Crippen molar-refractivity contribution in [1.82, 2.24) is 4.90 Å². The van der Waals surface area contributed by atoms with Gasteiger partial charge in [-0.05, 0) is 25.5 Å². The molecule has 1 aliphatic heterocycles. The van der Waals surface area contributed by atoms with Crippen molar-refractivity contribution in [2.45, 2.75) is 26.1 Å². The number of carbonyl (C=O) groups is 1. The summed E-state index contributed by atoms with van der Waals surface area (Å²) < 4.78 is 5.58. The van der Waals surface area contributed by atoms with Crippen molar-refractivity contribution >= 4 is 17.7 Å². The van der Waals surface area contributed by atoms with Gasteiger partial charge in [-0.15, -0.1) is 0 Å². The van der Waals surface area contributed by atoms with Gasteiger partial charge in [-0.3, -0.25) is 14.9 Å². The first kappa shape index (κ1) is 15.2. The van der Waals surface area contributed by atoms with Crippen LogP contribution in [0.5, 0.6) is 0 Å². The number of nitro groups is 1. The third-order valence-electron chi connectivity index (χ3n) is 3.23. The Morgan fingerprint density at radius 1 is 1.38 bits per heavy atom. The first-order valence-electron chi connectivity index (χ1n) is 6.82. The zero-order valence-corrected chi connectivity index (χ0v) is 12.1. The molecule has 1 saturated heterocycles. The maximum atomic E-state index is 12.1. The average Bonchev–Trinajstić information content (AvgIpc) is 2.44. The number of non-ortho nitro benzene ring substituents is 1. The van der Waals surface area contributed by atoms with Crippen LogP contribution in [0.3, 0.4) is 0 Å². The third kappa shape index (κ3) is 4.13. The minimum atomic E-state index is -0.454. The van der Waals surface area contributed by atoms with Crippen molar-refractivity contribution in [3.63, 3.8) is 0 Å². The number of benzene rings is 1. The smallest absolute Gasteiger partial charge is 0.270 e. The van der Waals surface area contributed by atoms with E-state index in [-0.39, 0.29) is 23.8 Å². The molecule has 2 atom stereocenters. The molecule has 1 aromatic rings. The van der Waals surface area contributed by atoms with Crippen LogP contribution in [0, 0.1) is 10.1 Å². The van der Waals surface area contributed by atoms with Gasteiger partial charge in [0.1, 0.15) is 0 Å². The lowest BCUT2D eigenvalue weighted by Gasteiger charge is -2.34. The Kier molecular flexibility index (Phi) is 4.70. The summed E-state index contributed by atoms with van der Waals surface area (Å²) in [6, 6.07) is 6.18. The van der Waals surface area contributed by atoms with Gasteiger partial charge >= 0.3 is 0 Å². The van der Waals surface area contributed by atoms with Gasteiger partial charge in [0.05, 0.1) is 17.1 Å². The summed E-state index contributed by atoms with van der Waals surface area (Å²) in [5.74, 6) is -0.108. The highest BCUT2D eigenvalue weighted by molar-refractivity contribution is 5.92. The molecule has 1 aromatic carbocycles. The molecule has 1 fully saturated rings. The summed E-state index contributed by atoms with van der Waals surface area (Å²) in [6.45, 7) is 4.98. The average molecular weight is 290 g/mol. The monoisotopic (exact) mass is 290 g/mol. The van der Waals surface area contributed by atoms with Gasteiger partial charge in [-0.1, -0.05) is 12.1 Å². The minimum Gasteiger partial charge on any atom is -0.372 e. The highest BCUT2D eigenvalue weighted by Gasteiger charge is 2.24. The third-order valence-corrected chi connectivity index (χ3v) is 3.23. The summed E-state index contributed by atoms with van der Waals surface area (Å²) in [6.07, 6.45) is 3.08. The predicted molar refractivity (Wildman–Crippen MR) is 78.7 cm³/mol. The number of carbonyl (C=O) groups excluding carboxylic acids is 1. The molecule has 0 radical (unpaired) electrons. The van der Waals surface area contributed by atoms with Gasteiger partial charge in [-0.2, -0.15) is 0 Å². The van der Waals surface area contributed by atoms with Crippen LogP contribution in [0.2, 0.25) is 0 Å². The summed E-state index contributed by atoms with van der Waals surface area (Å²) >= 11 is 0. The maximum absolute atomic E-state index is 12.1. The number of rotatable bonds is 3. The maximum Gasteiger partial charge on any atom is 0.270 e. The molecule has 0 aromatic heterocycles. The number of ether oxygens (including phenoxy) is 1. The Bertz CT molecular complexity index is 561. The van der Waals surface area contributed by atoms with Gasteiger partial charge < -0.3 is 9.64 Å². The SMILES string of the molecule is CC1CN(C(=O)C=Cc2cccc([N+](=O)[O-])c2)CC(C)O1. The van der Waals surface area contributed by atoms with E-state index in [1.54, 1.807) is 23.1 Å². The van der Waals surface area contributed by atoms with Gasteiger partial charge in [0, 0.05) is 31.3 Å². The first-order valence-corrected chi connectivity index (χ1v) is 6.82. The second kappa shape index (κ2) is 6.49. The minimum absolute atomic E-state index is 0.0122. The van der Waals surface area contributed by atoms with Crippen molar-refractivity contribution in [1.29, 1.82) is 0 Å². The second-order valence-corrected chi connectivity index (χ2v) is 5.19. The molecule has 1 heterocycles. The van der Waals surface area contributed by atoms with Crippen LogP contribution in [0.15, 0.2) is 30.3 Å². The molecular formula is C15H18N2O4. The van der Waals surface area contributed by atoms with Gasteiger partial charge in [0.15, 0.2) is 0 Å². The lowest BCUT2D eigenvalue weighted by atomic mass is 10.1. The van der Waals surface area contributed by atoms with E-state index >= 15 is 0 Å². The molecule has 1 amide bonds. The standard InChI is InChI=1S/C15H18N2O4/c1-11-9-16(10-12(2)21-11)15(18)7-6-13-4-3-5-14(8-13)17(19)20/h3-8,11-12H,9-10H2,1-2H3. The fourth-order valence-corrected chi connectivity index (χ4v) is 2.37. The molecule has 21 heavy (non-hydrogen) atoms. The highest BCUT2D eigenvalue weighted by atomic mass is 16.6. The summed E-state index contributed by atoms with van der Waals surface area (Å²) in [5.41, 5.74) is 0.644. The van der Waals surface area contributed by atoms with E-state index in [4.69, 9.17) is 4.74 Å². The Labute approximate surface area is 123 Å². The Hall–Kier alpha value is -2.21. The van der Waals surface area contributed by atoms with Crippen molar-refractivity contribution in [2.24, 2.45) is 0 Å². The van der Waals surface area contributed by atoms with Crippen molar-refractivity contribution in [3.05, 3.63) is 46.0 Å². The molecule has 0 saturated carbocycles.